The van der Waals surface area contributed by atoms with E-state index in [1.54, 1.807) is 11.9 Å². The van der Waals surface area contributed by atoms with Gasteiger partial charge in [0.05, 0.1) is 6.54 Å². The van der Waals surface area contributed by atoms with Crippen molar-refractivity contribution < 1.29 is 9.32 Å². The number of nitrogens with zero attached hydrogens (tertiary/aromatic N) is 7. The average molecular weight is 367 g/mol. The van der Waals surface area contributed by atoms with E-state index in [4.69, 9.17) is 4.52 Å². The van der Waals surface area contributed by atoms with E-state index in [2.05, 4.69) is 25.7 Å². The molecule has 0 bridgehead atoms. The second kappa shape index (κ2) is 7.65. The van der Waals surface area contributed by atoms with E-state index in [0.717, 1.165) is 18.4 Å². The van der Waals surface area contributed by atoms with Gasteiger partial charge in [-0.1, -0.05) is 48.3 Å². The fourth-order valence-corrected chi connectivity index (χ4v) is 3.50. The van der Waals surface area contributed by atoms with Crippen LogP contribution in [0, 0.1) is 0 Å². The van der Waals surface area contributed by atoms with Gasteiger partial charge < -0.3 is 9.42 Å². The number of tetrazole rings is 1. The maximum Gasteiger partial charge on any atom is 0.252 e. The summed E-state index contributed by atoms with van der Waals surface area (Å²) in [5, 5.41) is 15.3. The van der Waals surface area contributed by atoms with Crippen molar-refractivity contribution in [3.63, 3.8) is 0 Å². The first-order valence-corrected chi connectivity index (χ1v) is 9.07. The molecule has 1 aromatic carbocycles. The molecule has 0 radical (unpaired) electrons. The highest BCUT2D eigenvalue weighted by atomic mass is 16.5. The summed E-state index contributed by atoms with van der Waals surface area (Å²) in [6, 6.07) is 8.78. The Bertz CT molecular complexity index is 872. The monoisotopic (exact) mass is 367 g/mol. The molecule has 1 aliphatic rings. The van der Waals surface area contributed by atoms with Crippen LogP contribution >= 0.6 is 0 Å². The van der Waals surface area contributed by atoms with Crippen LogP contribution in [0.5, 0.6) is 0 Å². The molecule has 4 rings (SSSR count). The van der Waals surface area contributed by atoms with Crippen LogP contribution in [0.2, 0.25) is 0 Å². The lowest BCUT2D eigenvalue weighted by Crippen LogP contribution is -2.35. The lowest BCUT2D eigenvalue weighted by molar-refractivity contribution is -0.133. The quantitative estimate of drug-likeness (QED) is 0.656. The highest BCUT2D eigenvalue weighted by molar-refractivity contribution is 5.83. The van der Waals surface area contributed by atoms with Crippen LogP contribution in [0.25, 0.3) is 0 Å². The highest BCUT2D eigenvalue weighted by Crippen LogP contribution is 2.33. The van der Waals surface area contributed by atoms with E-state index in [1.807, 2.05) is 30.3 Å². The number of amides is 1. The molecule has 140 valence electrons. The predicted molar refractivity (Wildman–Crippen MR) is 94.4 cm³/mol. The number of rotatable bonds is 6. The zero-order valence-electron chi connectivity index (χ0n) is 15.1. The third-order valence-electron chi connectivity index (χ3n) is 4.92. The minimum Gasteiger partial charge on any atom is -0.339 e. The third kappa shape index (κ3) is 3.71. The van der Waals surface area contributed by atoms with Gasteiger partial charge in [0, 0.05) is 13.0 Å². The van der Waals surface area contributed by atoms with Crippen molar-refractivity contribution in [3.8, 4) is 0 Å². The largest absolute Gasteiger partial charge is 0.339 e. The van der Waals surface area contributed by atoms with Crippen LogP contribution in [-0.2, 0) is 11.3 Å². The van der Waals surface area contributed by atoms with Gasteiger partial charge in [-0.2, -0.15) is 4.98 Å². The average Bonchev–Trinajstić information content (AvgIpc) is 3.45. The smallest absolute Gasteiger partial charge is 0.252 e. The molecular weight excluding hydrogens is 346 g/mol. The van der Waals surface area contributed by atoms with Crippen LogP contribution in [0.4, 0.5) is 0 Å². The van der Waals surface area contributed by atoms with Crippen LogP contribution in [-0.4, -0.2) is 48.2 Å². The first-order chi connectivity index (χ1) is 13.2. The van der Waals surface area contributed by atoms with E-state index >= 15 is 0 Å². The molecular formula is C18H21N7O2. The molecule has 27 heavy (non-hydrogen) atoms. The fraction of sp³-hybridized carbons (Fsp3) is 0.444. The number of likely N-dealkylation sites (N-methyl/N-ethyl adjacent to an activating group) is 1. The first-order valence-electron chi connectivity index (χ1n) is 9.07. The van der Waals surface area contributed by atoms with Crippen molar-refractivity contribution in [2.45, 2.75) is 44.2 Å². The standard InChI is InChI=1S/C18H21N7O2/c1-24(11-15-20-17(27-21-15)14-9-5-6-10-14)18(26)16(25-12-19-22-23-25)13-7-3-2-4-8-13/h2-4,7-8,12,14,16H,5-6,9-11H2,1H3/t16-/m0/s1. The highest BCUT2D eigenvalue weighted by Gasteiger charge is 2.28. The SMILES string of the molecule is CN(Cc1noc(C2CCCC2)n1)C(=O)[C@H](c1ccccc1)n1cnnn1. The molecule has 0 N–H and O–H groups in total. The van der Waals surface area contributed by atoms with Crippen molar-refractivity contribution in [3.05, 3.63) is 53.9 Å². The van der Waals surface area contributed by atoms with Gasteiger partial charge in [-0.05, 0) is 28.8 Å². The van der Waals surface area contributed by atoms with E-state index < -0.39 is 6.04 Å². The molecule has 2 aromatic heterocycles. The van der Waals surface area contributed by atoms with Gasteiger partial charge in [-0.25, -0.2) is 4.68 Å². The fourth-order valence-electron chi connectivity index (χ4n) is 3.50. The van der Waals surface area contributed by atoms with Gasteiger partial charge in [0.25, 0.3) is 5.91 Å². The molecule has 0 unspecified atom stereocenters. The lowest BCUT2D eigenvalue weighted by atomic mass is 10.1. The minimum atomic E-state index is -0.646. The normalized spacial score (nSPS) is 15.7. The van der Waals surface area contributed by atoms with Crippen molar-refractivity contribution in [1.29, 1.82) is 0 Å². The number of carbonyl (C=O) groups is 1. The first kappa shape index (κ1) is 17.3. The molecule has 1 saturated carbocycles. The van der Waals surface area contributed by atoms with Crippen LogP contribution < -0.4 is 0 Å². The molecule has 9 nitrogen and oxygen atoms in total. The Kier molecular flexibility index (Phi) is 4.91. The summed E-state index contributed by atoms with van der Waals surface area (Å²) in [5.74, 6) is 1.39. The Morgan fingerprint density at radius 3 is 2.78 bits per heavy atom. The lowest BCUT2D eigenvalue weighted by Gasteiger charge is -2.22. The van der Waals surface area contributed by atoms with Gasteiger partial charge in [0.2, 0.25) is 5.89 Å². The topological polar surface area (TPSA) is 103 Å². The summed E-state index contributed by atoms with van der Waals surface area (Å²) in [5.41, 5.74) is 0.807. The summed E-state index contributed by atoms with van der Waals surface area (Å²) in [4.78, 5) is 19.2. The Labute approximate surface area is 156 Å². The molecule has 0 spiro atoms. The van der Waals surface area contributed by atoms with Crippen LogP contribution in [0.1, 0.15) is 54.9 Å². The van der Waals surface area contributed by atoms with E-state index in [1.165, 1.54) is 23.9 Å². The van der Waals surface area contributed by atoms with Gasteiger partial charge in [-0.3, -0.25) is 4.79 Å². The third-order valence-corrected chi connectivity index (χ3v) is 4.92. The number of hydrogen-bond donors (Lipinski definition) is 0. The van der Waals surface area contributed by atoms with Gasteiger partial charge in [0.15, 0.2) is 11.9 Å². The summed E-state index contributed by atoms with van der Waals surface area (Å²) in [6.07, 6.45) is 6.02. The van der Waals surface area contributed by atoms with Crippen molar-refractivity contribution in [1.82, 2.24) is 35.2 Å². The molecule has 9 heteroatoms. The molecule has 3 aromatic rings. The molecule has 0 saturated heterocycles. The second-order valence-corrected chi connectivity index (χ2v) is 6.83. The zero-order chi connectivity index (χ0) is 18.6. The molecule has 1 amide bonds. The molecule has 2 heterocycles. The number of carbonyl (C=O) groups excluding carboxylic acids is 1. The van der Waals surface area contributed by atoms with Crippen LogP contribution in [0.15, 0.2) is 41.2 Å². The Hall–Kier alpha value is -3.10. The van der Waals surface area contributed by atoms with E-state index in [0.29, 0.717) is 17.6 Å². The minimum absolute atomic E-state index is 0.152. The van der Waals surface area contributed by atoms with E-state index in [-0.39, 0.29) is 12.5 Å². The second-order valence-electron chi connectivity index (χ2n) is 6.83. The summed E-state index contributed by atoms with van der Waals surface area (Å²) in [6.45, 7) is 0.264. The zero-order valence-corrected chi connectivity index (χ0v) is 15.1. The Balaban J connectivity index is 1.51. The number of hydrogen-bond acceptors (Lipinski definition) is 7. The van der Waals surface area contributed by atoms with Crippen molar-refractivity contribution >= 4 is 5.91 Å². The van der Waals surface area contributed by atoms with Gasteiger partial charge in [0.1, 0.15) is 6.33 Å². The number of benzene rings is 1. The van der Waals surface area contributed by atoms with Crippen molar-refractivity contribution in [2.75, 3.05) is 7.05 Å². The van der Waals surface area contributed by atoms with E-state index in [9.17, 15) is 4.79 Å². The summed E-state index contributed by atoms with van der Waals surface area (Å²) < 4.78 is 6.86. The molecule has 1 atom stereocenters. The molecule has 0 aliphatic heterocycles. The van der Waals surface area contributed by atoms with Gasteiger partial charge in [-0.15, -0.1) is 5.10 Å². The maximum atomic E-state index is 13.1. The summed E-state index contributed by atoms with van der Waals surface area (Å²) >= 11 is 0. The summed E-state index contributed by atoms with van der Waals surface area (Å²) in [7, 11) is 1.72. The molecule has 1 fully saturated rings. The Morgan fingerprint density at radius 1 is 1.30 bits per heavy atom. The van der Waals surface area contributed by atoms with Gasteiger partial charge >= 0.3 is 0 Å². The predicted octanol–water partition coefficient (Wildman–Crippen LogP) is 1.96. The van der Waals surface area contributed by atoms with Crippen molar-refractivity contribution in [2.24, 2.45) is 0 Å². The van der Waals surface area contributed by atoms with Crippen LogP contribution in [0.3, 0.4) is 0 Å². The number of aromatic nitrogens is 6. The Morgan fingerprint density at radius 2 is 2.07 bits per heavy atom. The molecule has 1 aliphatic carbocycles. The maximum absolute atomic E-state index is 13.1.